The lowest BCUT2D eigenvalue weighted by Crippen LogP contribution is -2.44. The van der Waals surface area contributed by atoms with Gasteiger partial charge in [-0.15, -0.1) is 0 Å². The predicted octanol–water partition coefficient (Wildman–Crippen LogP) is 5.30. The van der Waals surface area contributed by atoms with Gasteiger partial charge in [0.2, 0.25) is 0 Å². The minimum atomic E-state index is -4.58. The Morgan fingerprint density at radius 3 is 2.45 bits per heavy atom. The number of halogens is 3. The van der Waals surface area contributed by atoms with Crippen LogP contribution in [0.2, 0.25) is 0 Å². The number of carbonyl (C=O) groups is 1. The molecule has 2 N–H and O–H groups in total. The van der Waals surface area contributed by atoms with Crippen LogP contribution in [0.15, 0.2) is 65.3 Å². The summed E-state index contributed by atoms with van der Waals surface area (Å²) in [5.74, 6) is 0.194. The molecule has 1 saturated heterocycles. The van der Waals surface area contributed by atoms with Gasteiger partial charge in [0.1, 0.15) is 11.5 Å². The van der Waals surface area contributed by atoms with Crippen LogP contribution >= 0.6 is 0 Å². The molecule has 226 valence electrons. The Balaban J connectivity index is 1.15. The number of fused-ring (bicyclic) bond motifs is 4. The Labute approximate surface area is 253 Å². The number of nitrogens with zero attached hydrogens (tertiary/aromatic N) is 3. The highest BCUT2D eigenvalue weighted by Crippen LogP contribution is 2.76. The first-order chi connectivity index (χ1) is 20.8. The normalized spacial score (nSPS) is 26.8. The summed E-state index contributed by atoms with van der Waals surface area (Å²) in [5, 5.41) is 5.88. The van der Waals surface area contributed by atoms with E-state index in [-0.39, 0.29) is 5.69 Å². The molecule has 2 fully saturated rings. The molecule has 4 aliphatic rings. The van der Waals surface area contributed by atoms with Crippen molar-refractivity contribution in [3.63, 3.8) is 0 Å². The molecule has 0 radical (unpaired) electrons. The van der Waals surface area contributed by atoms with Gasteiger partial charge >= 0.3 is 13.3 Å². The van der Waals surface area contributed by atoms with Gasteiger partial charge in [-0.05, 0) is 81.2 Å². The van der Waals surface area contributed by atoms with Crippen molar-refractivity contribution in [3.05, 3.63) is 82.7 Å². The summed E-state index contributed by atoms with van der Waals surface area (Å²) in [6.07, 6.45) is -1.40. The second kappa shape index (κ2) is 9.42. The van der Waals surface area contributed by atoms with Crippen molar-refractivity contribution >= 4 is 47.5 Å². The number of nitrogens with one attached hydrogen (secondary N) is 2. The third-order valence-electron chi connectivity index (χ3n) is 10.1. The molecule has 1 amide bonds. The number of aryl methyl sites for hydroxylation is 1. The molecule has 0 bridgehead atoms. The number of rotatable bonds is 5. The van der Waals surface area contributed by atoms with Crippen molar-refractivity contribution in [1.29, 1.82) is 0 Å². The quantitative estimate of drug-likeness (QED) is 0.387. The van der Waals surface area contributed by atoms with Crippen molar-refractivity contribution in [2.24, 2.45) is 10.4 Å². The topological polar surface area (TPSA) is 88.1 Å². The SMILES string of the molecule is CNc1ccc2c(c1)N1CCN=C1C(C1(C)C3(C)OB(c4cc(NC(=O)c5cc(C(F)(F)F)ccn5)ccc4C)OC31C)=C2. The highest BCUT2D eigenvalue weighted by molar-refractivity contribution is 6.63. The van der Waals surface area contributed by atoms with Gasteiger partial charge in [0.05, 0.1) is 34.4 Å². The molecule has 3 aliphatic heterocycles. The van der Waals surface area contributed by atoms with E-state index in [1.807, 2.05) is 20.0 Å². The van der Waals surface area contributed by atoms with Gasteiger partial charge in [-0.25, -0.2) is 0 Å². The zero-order valence-corrected chi connectivity index (χ0v) is 25.0. The fourth-order valence-corrected chi connectivity index (χ4v) is 7.05. The van der Waals surface area contributed by atoms with Crippen LogP contribution in [-0.4, -0.2) is 55.2 Å². The minimum absolute atomic E-state index is 0.333. The third kappa shape index (κ3) is 3.90. The van der Waals surface area contributed by atoms with Crippen LogP contribution in [0.4, 0.5) is 30.2 Å². The number of aliphatic imine (C=N–C) groups is 1. The van der Waals surface area contributed by atoms with E-state index >= 15 is 0 Å². The van der Waals surface area contributed by atoms with E-state index in [0.717, 1.165) is 64.2 Å². The Hall–Kier alpha value is -4.16. The first-order valence-corrected chi connectivity index (χ1v) is 14.5. The van der Waals surface area contributed by atoms with Crippen LogP contribution in [0, 0.1) is 12.3 Å². The number of hydrogen-bond donors (Lipinski definition) is 2. The predicted molar refractivity (Wildman–Crippen MR) is 164 cm³/mol. The van der Waals surface area contributed by atoms with E-state index in [1.165, 1.54) is 0 Å². The minimum Gasteiger partial charge on any atom is -0.398 e. The van der Waals surface area contributed by atoms with E-state index in [1.54, 1.807) is 12.1 Å². The summed E-state index contributed by atoms with van der Waals surface area (Å²) >= 11 is 0. The molecule has 1 saturated carbocycles. The van der Waals surface area contributed by atoms with Gasteiger partial charge in [-0.3, -0.25) is 14.8 Å². The lowest BCUT2D eigenvalue weighted by Gasteiger charge is -2.34. The van der Waals surface area contributed by atoms with Crippen LogP contribution in [0.25, 0.3) is 6.08 Å². The molecule has 2 atom stereocenters. The molecule has 4 heterocycles. The average Bonchev–Trinajstić information content (AvgIpc) is 3.43. The average molecular weight is 601 g/mol. The fourth-order valence-electron chi connectivity index (χ4n) is 7.05. The van der Waals surface area contributed by atoms with Crippen LogP contribution in [0.5, 0.6) is 0 Å². The number of aromatic nitrogens is 1. The van der Waals surface area contributed by atoms with Crippen molar-refractivity contribution in [1.82, 2.24) is 4.98 Å². The Morgan fingerprint density at radius 2 is 1.75 bits per heavy atom. The summed E-state index contributed by atoms with van der Waals surface area (Å²) in [5.41, 5.74) is 3.23. The second-order valence-electron chi connectivity index (χ2n) is 12.2. The maximum Gasteiger partial charge on any atom is 0.495 e. The molecule has 2 unspecified atom stereocenters. The van der Waals surface area contributed by atoms with Crippen LogP contribution < -0.4 is 21.0 Å². The summed E-state index contributed by atoms with van der Waals surface area (Å²) in [6, 6.07) is 13.1. The van der Waals surface area contributed by atoms with Crippen LogP contribution in [0.3, 0.4) is 0 Å². The fraction of sp³-hybridized carbons (Fsp3) is 0.344. The second-order valence-corrected chi connectivity index (χ2v) is 12.2. The maximum atomic E-state index is 13.2. The molecule has 1 aromatic heterocycles. The van der Waals surface area contributed by atoms with Gasteiger partial charge in [0.15, 0.2) is 0 Å². The van der Waals surface area contributed by atoms with E-state index < -0.39 is 41.4 Å². The lowest BCUT2D eigenvalue weighted by molar-refractivity contribution is -0.137. The molecular formula is C32H31BF3N5O3. The zero-order valence-electron chi connectivity index (χ0n) is 25.0. The van der Waals surface area contributed by atoms with E-state index in [2.05, 4.69) is 65.6 Å². The molecule has 8 nitrogen and oxygen atoms in total. The molecule has 3 aromatic rings. The standard InChI is InChI=1S/C32H31BF3N5O3/c1-18-6-8-22(40-28(42)25-15-20(10-11-38-25)32(34,35)36)16-24(18)33-43-30(3)29(2,31(30,4)44-33)23-14-19-7-9-21(37-5)17-26(19)41-13-12-39-27(23)41/h6-11,14-17,37H,12-13H2,1-5H3,(H,40,42). The highest BCUT2D eigenvalue weighted by Gasteiger charge is 2.88. The monoisotopic (exact) mass is 601 g/mol. The number of alkyl halides is 3. The summed E-state index contributed by atoms with van der Waals surface area (Å²) < 4.78 is 52.9. The first-order valence-electron chi connectivity index (χ1n) is 14.5. The van der Waals surface area contributed by atoms with E-state index in [9.17, 15) is 18.0 Å². The van der Waals surface area contributed by atoms with Gasteiger partial charge in [-0.2, -0.15) is 13.2 Å². The maximum absolute atomic E-state index is 13.2. The van der Waals surface area contributed by atoms with Crippen molar-refractivity contribution in [2.75, 3.05) is 35.7 Å². The summed E-state index contributed by atoms with van der Waals surface area (Å²) in [7, 11) is 1.20. The molecule has 0 spiro atoms. The van der Waals surface area contributed by atoms with E-state index in [0.29, 0.717) is 12.2 Å². The summed E-state index contributed by atoms with van der Waals surface area (Å²) in [6.45, 7) is 9.71. The number of benzene rings is 2. The van der Waals surface area contributed by atoms with Gasteiger partial charge in [0, 0.05) is 36.7 Å². The number of amidine groups is 1. The number of carbonyl (C=O) groups excluding carboxylic acids is 1. The smallest absolute Gasteiger partial charge is 0.398 e. The number of pyridine rings is 1. The van der Waals surface area contributed by atoms with Gasteiger partial charge in [-0.1, -0.05) is 17.7 Å². The van der Waals surface area contributed by atoms with Gasteiger partial charge < -0.3 is 24.8 Å². The number of hydrogen-bond acceptors (Lipinski definition) is 7. The molecular weight excluding hydrogens is 570 g/mol. The van der Waals surface area contributed by atoms with Crippen molar-refractivity contribution in [3.8, 4) is 0 Å². The molecule has 1 aliphatic carbocycles. The highest BCUT2D eigenvalue weighted by atomic mass is 19.4. The van der Waals surface area contributed by atoms with Crippen LogP contribution in [0.1, 0.15) is 48.0 Å². The van der Waals surface area contributed by atoms with Crippen molar-refractivity contribution in [2.45, 2.75) is 45.1 Å². The number of amides is 1. The Morgan fingerprint density at radius 1 is 1.02 bits per heavy atom. The molecule has 7 rings (SSSR count). The molecule has 12 heteroatoms. The summed E-state index contributed by atoms with van der Waals surface area (Å²) in [4.78, 5) is 23.8. The van der Waals surface area contributed by atoms with Gasteiger partial charge in [0.25, 0.3) is 5.91 Å². The zero-order chi connectivity index (χ0) is 31.2. The first kappa shape index (κ1) is 28.6. The van der Waals surface area contributed by atoms with Crippen molar-refractivity contribution < 1.29 is 27.3 Å². The molecule has 2 aromatic carbocycles. The number of anilines is 3. The van der Waals surface area contributed by atoms with Crippen LogP contribution in [-0.2, 0) is 15.5 Å². The molecule has 44 heavy (non-hydrogen) atoms. The Bertz CT molecular complexity index is 1770. The lowest BCUT2D eigenvalue weighted by atomic mass is 9.74. The third-order valence-corrected chi connectivity index (χ3v) is 10.1. The van der Waals surface area contributed by atoms with E-state index in [4.69, 9.17) is 14.3 Å². The Kier molecular flexibility index (Phi) is 6.13. The largest absolute Gasteiger partial charge is 0.495 e.